The van der Waals surface area contributed by atoms with Crippen molar-refractivity contribution in [1.29, 1.82) is 0 Å². The molecular weight excluding hydrogens is 225 g/mol. The molecule has 1 nitrogen and oxygen atoms in total. The molecule has 1 unspecified atom stereocenters. The summed E-state index contributed by atoms with van der Waals surface area (Å²) in [5.41, 5.74) is 0.734. The first-order chi connectivity index (χ1) is 7.67. The van der Waals surface area contributed by atoms with Crippen LogP contribution in [0.4, 0.5) is 4.39 Å². The van der Waals surface area contributed by atoms with Crippen LogP contribution in [-0.2, 0) is 6.54 Å². The standard InChI is InChI=1S/C13H15ClFN/c1-3-5-12(4-2)16-9-10-8-11(15)6-7-13(10)14/h2,6-8,12,16H,3,5,9H2,1H3. The summed E-state index contributed by atoms with van der Waals surface area (Å²) in [4.78, 5) is 0. The Bertz CT molecular complexity index is 384. The maximum atomic E-state index is 13.0. The third-order valence-corrected chi connectivity index (χ3v) is 2.69. The molecule has 0 aliphatic heterocycles. The molecule has 0 aliphatic rings. The highest BCUT2D eigenvalue weighted by Gasteiger charge is 2.06. The minimum absolute atomic E-state index is 0.0179. The van der Waals surface area contributed by atoms with Crippen LogP contribution in [0.1, 0.15) is 25.3 Å². The molecule has 3 heteroatoms. The SMILES string of the molecule is C#CC(CCC)NCc1cc(F)ccc1Cl. The summed E-state index contributed by atoms with van der Waals surface area (Å²) < 4.78 is 13.0. The average Bonchev–Trinajstić information content (AvgIpc) is 2.28. The zero-order chi connectivity index (χ0) is 12.0. The van der Waals surface area contributed by atoms with Gasteiger partial charge < -0.3 is 0 Å². The molecule has 1 atom stereocenters. The maximum Gasteiger partial charge on any atom is 0.123 e. The van der Waals surface area contributed by atoms with Gasteiger partial charge in [0.2, 0.25) is 0 Å². The largest absolute Gasteiger partial charge is 0.300 e. The normalized spacial score (nSPS) is 12.1. The van der Waals surface area contributed by atoms with E-state index in [0.29, 0.717) is 11.6 Å². The lowest BCUT2D eigenvalue weighted by Gasteiger charge is -2.12. The molecule has 1 rings (SSSR count). The highest BCUT2D eigenvalue weighted by atomic mass is 35.5. The summed E-state index contributed by atoms with van der Waals surface area (Å²) in [7, 11) is 0. The predicted molar refractivity (Wildman–Crippen MR) is 65.8 cm³/mol. The molecule has 0 aliphatic carbocycles. The Labute approximate surface area is 101 Å². The number of rotatable bonds is 5. The topological polar surface area (TPSA) is 12.0 Å². The minimum atomic E-state index is -0.283. The molecule has 0 spiro atoms. The van der Waals surface area contributed by atoms with Gasteiger partial charge in [-0.2, -0.15) is 0 Å². The Morgan fingerprint density at radius 2 is 2.31 bits per heavy atom. The average molecular weight is 240 g/mol. The van der Waals surface area contributed by atoms with Gasteiger partial charge in [-0.3, -0.25) is 5.32 Å². The third kappa shape index (κ3) is 3.84. The van der Waals surface area contributed by atoms with Gasteiger partial charge in [-0.05, 0) is 30.2 Å². The fourth-order valence-corrected chi connectivity index (χ4v) is 1.63. The van der Waals surface area contributed by atoms with Crippen molar-refractivity contribution >= 4 is 11.6 Å². The van der Waals surface area contributed by atoms with Crippen LogP contribution in [-0.4, -0.2) is 6.04 Å². The lowest BCUT2D eigenvalue weighted by molar-refractivity contribution is 0.559. The van der Waals surface area contributed by atoms with Gasteiger partial charge in [-0.1, -0.05) is 30.9 Å². The van der Waals surface area contributed by atoms with E-state index in [1.165, 1.54) is 12.1 Å². The van der Waals surface area contributed by atoms with Crippen molar-refractivity contribution in [1.82, 2.24) is 5.32 Å². The molecule has 0 bridgehead atoms. The van der Waals surface area contributed by atoms with Crippen molar-refractivity contribution in [2.75, 3.05) is 0 Å². The van der Waals surface area contributed by atoms with Crippen LogP contribution < -0.4 is 5.32 Å². The van der Waals surface area contributed by atoms with Crippen molar-refractivity contribution in [3.63, 3.8) is 0 Å². The van der Waals surface area contributed by atoms with Crippen LogP contribution in [0.5, 0.6) is 0 Å². The van der Waals surface area contributed by atoms with Crippen molar-refractivity contribution in [2.24, 2.45) is 0 Å². The Kier molecular flexibility index (Phi) is 5.31. The van der Waals surface area contributed by atoms with E-state index in [0.717, 1.165) is 18.4 Å². The van der Waals surface area contributed by atoms with Gasteiger partial charge in [0.1, 0.15) is 5.82 Å². The van der Waals surface area contributed by atoms with E-state index in [4.69, 9.17) is 18.0 Å². The van der Waals surface area contributed by atoms with Crippen molar-refractivity contribution in [3.05, 3.63) is 34.6 Å². The number of benzene rings is 1. The first kappa shape index (κ1) is 13.0. The van der Waals surface area contributed by atoms with E-state index < -0.39 is 0 Å². The minimum Gasteiger partial charge on any atom is -0.300 e. The smallest absolute Gasteiger partial charge is 0.123 e. The third-order valence-electron chi connectivity index (χ3n) is 2.33. The molecule has 0 saturated heterocycles. The highest BCUT2D eigenvalue weighted by Crippen LogP contribution is 2.17. The molecule has 1 N–H and O–H groups in total. The van der Waals surface area contributed by atoms with Crippen molar-refractivity contribution in [2.45, 2.75) is 32.4 Å². The zero-order valence-corrected chi connectivity index (χ0v) is 10.0. The first-order valence-electron chi connectivity index (χ1n) is 5.30. The molecule has 1 aromatic rings. The Hall–Kier alpha value is -1.04. The van der Waals surface area contributed by atoms with Crippen LogP contribution in [0.2, 0.25) is 5.02 Å². The summed E-state index contributed by atoms with van der Waals surface area (Å²) in [6.07, 6.45) is 7.29. The predicted octanol–water partition coefficient (Wildman–Crippen LogP) is 3.37. The molecule has 16 heavy (non-hydrogen) atoms. The van der Waals surface area contributed by atoms with E-state index in [9.17, 15) is 4.39 Å². The Morgan fingerprint density at radius 1 is 1.56 bits per heavy atom. The van der Waals surface area contributed by atoms with Gasteiger partial charge >= 0.3 is 0 Å². The molecule has 0 amide bonds. The second-order valence-corrected chi connectivity index (χ2v) is 4.03. The van der Waals surface area contributed by atoms with Gasteiger partial charge in [0, 0.05) is 11.6 Å². The number of nitrogens with one attached hydrogen (secondary N) is 1. The Balaban J connectivity index is 2.60. The van der Waals surface area contributed by atoms with Crippen LogP contribution in [0, 0.1) is 18.2 Å². The van der Waals surface area contributed by atoms with E-state index in [-0.39, 0.29) is 11.9 Å². The summed E-state index contributed by atoms with van der Waals surface area (Å²) in [5, 5.41) is 3.72. The van der Waals surface area contributed by atoms with Gasteiger partial charge in [-0.25, -0.2) is 4.39 Å². The molecule has 86 valence electrons. The Morgan fingerprint density at radius 3 is 2.94 bits per heavy atom. The van der Waals surface area contributed by atoms with Crippen LogP contribution in [0.25, 0.3) is 0 Å². The van der Waals surface area contributed by atoms with E-state index in [1.54, 1.807) is 6.07 Å². The molecule has 0 radical (unpaired) electrons. The molecule has 0 fully saturated rings. The quantitative estimate of drug-likeness (QED) is 0.777. The van der Waals surface area contributed by atoms with Gasteiger partial charge in [0.25, 0.3) is 0 Å². The lowest BCUT2D eigenvalue weighted by Crippen LogP contribution is -2.26. The zero-order valence-electron chi connectivity index (χ0n) is 9.26. The van der Waals surface area contributed by atoms with E-state index in [2.05, 4.69) is 18.2 Å². The van der Waals surface area contributed by atoms with Crippen molar-refractivity contribution < 1.29 is 4.39 Å². The van der Waals surface area contributed by atoms with Crippen molar-refractivity contribution in [3.8, 4) is 12.3 Å². The van der Waals surface area contributed by atoms with E-state index >= 15 is 0 Å². The summed E-state index contributed by atoms with van der Waals surface area (Å²) in [6, 6.07) is 4.34. The summed E-state index contributed by atoms with van der Waals surface area (Å²) >= 11 is 5.94. The van der Waals surface area contributed by atoms with Crippen LogP contribution >= 0.6 is 11.6 Å². The van der Waals surface area contributed by atoms with Gasteiger partial charge in [0.05, 0.1) is 6.04 Å². The first-order valence-corrected chi connectivity index (χ1v) is 5.68. The van der Waals surface area contributed by atoms with E-state index in [1.807, 2.05) is 0 Å². The second-order valence-electron chi connectivity index (χ2n) is 3.62. The lowest BCUT2D eigenvalue weighted by atomic mass is 10.1. The van der Waals surface area contributed by atoms with Gasteiger partial charge in [0.15, 0.2) is 0 Å². The molecule has 0 heterocycles. The summed E-state index contributed by atoms with van der Waals surface area (Å²) in [6.45, 7) is 2.56. The molecule has 0 aromatic heterocycles. The van der Waals surface area contributed by atoms with Crippen LogP contribution in [0.15, 0.2) is 18.2 Å². The fourth-order valence-electron chi connectivity index (χ4n) is 1.44. The molecule has 0 saturated carbocycles. The monoisotopic (exact) mass is 239 g/mol. The highest BCUT2D eigenvalue weighted by molar-refractivity contribution is 6.31. The molecule has 1 aromatic carbocycles. The van der Waals surface area contributed by atoms with Crippen LogP contribution in [0.3, 0.4) is 0 Å². The number of hydrogen-bond donors (Lipinski definition) is 1. The number of hydrogen-bond acceptors (Lipinski definition) is 1. The number of terminal acetylenes is 1. The summed E-state index contributed by atoms with van der Waals surface area (Å²) in [5.74, 6) is 2.38. The maximum absolute atomic E-state index is 13.0. The number of halogens is 2. The van der Waals surface area contributed by atoms with Gasteiger partial charge in [-0.15, -0.1) is 6.42 Å². The fraction of sp³-hybridized carbons (Fsp3) is 0.385. The second kappa shape index (κ2) is 6.52. The molecular formula is C13H15ClFN.